The van der Waals surface area contributed by atoms with E-state index >= 15 is 0 Å². The Labute approximate surface area is 238 Å². The minimum absolute atomic E-state index is 0.0415. The molecule has 209 valence electrons. The van der Waals surface area contributed by atoms with E-state index in [9.17, 15) is 14.2 Å². The molecule has 3 saturated heterocycles. The predicted molar refractivity (Wildman–Crippen MR) is 150 cm³/mol. The lowest BCUT2D eigenvalue weighted by atomic mass is 9.16. The van der Waals surface area contributed by atoms with Crippen molar-refractivity contribution in [3.8, 4) is 0 Å². The zero-order chi connectivity index (χ0) is 29.0. The molecule has 5 unspecified atom stereocenters. The van der Waals surface area contributed by atoms with Gasteiger partial charge in [-0.05, 0) is 33.1 Å². The summed E-state index contributed by atoms with van der Waals surface area (Å²) in [6, 6.07) is -1.61. The molecule has 11 nitrogen and oxygen atoms in total. The minimum Gasteiger partial charge on any atom is -0.390 e. The largest absolute Gasteiger partial charge is 0.390 e. The standard InChI is InChI=1S/C20H35B6O11P2/c1-11(2)30-8-16-14(7-20(35-16)26(23)24)37-39(4,29)32-10-17-13(6-19(25-22)34-17)36-38(3,28)31-9-15-12(27)5-18(21)33-15/h11-20,27H,5-10H2,1-4H3/t12?,13?,14?,15-,16-,17-,18-,19-,20+,38?,39?/m1/s1. The maximum atomic E-state index is 13.3. The van der Waals surface area contributed by atoms with Gasteiger partial charge in [0.15, 0.2) is 0 Å². The highest BCUT2D eigenvalue weighted by Crippen LogP contribution is 2.51. The van der Waals surface area contributed by atoms with Crippen LogP contribution in [0.5, 0.6) is 0 Å². The van der Waals surface area contributed by atoms with Gasteiger partial charge in [0.25, 0.3) is 0 Å². The van der Waals surface area contributed by atoms with Crippen molar-refractivity contribution in [3.63, 3.8) is 0 Å². The fourth-order valence-electron chi connectivity index (χ4n) is 4.55. The van der Waals surface area contributed by atoms with Crippen molar-refractivity contribution >= 4 is 59.9 Å². The van der Waals surface area contributed by atoms with Gasteiger partial charge in [0.05, 0.1) is 57.9 Å². The topological polar surface area (TPSA) is 128 Å². The molecule has 3 rings (SSSR count). The summed E-state index contributed by atoms with van der Waals surface area (Å²) in [6.45, 7) is 5.53. The first-order valence-corrected chi connectivity index (χ1v) is 17.0. The molecule has 0 aliphatic carbocycles. The van der Waals surface area contributed by atoms with Gasteiger partial charge in [0.1, 0.15) is 26.2 Å². The van der Waals surface area contributed by atoms with Crippen molar-refractivity contribution in [2.75, 3.05) is 33.2 Å². The maximum Gasteiger partial charge on any atom is 0.328 e. The molecule has 0 aromatic rings. The highest BCUT2D eigenvalue weighted by atomic mass is 31.2. The van der Waals surface area contributed by atoms with Crippen molar-refractivity contribution in [2.24, 2.45) is 0 Å². The average molecular weight is 578 g/mol. The molecule has 9 radical (unpaired) electrons. The van der Waals surface area contributed by atoms with Gasteiger partial charge < -0.3 is 42.1 Å². The van der Waals surface area contributed by atoms with Crippen molar-refractivity contribution in [1.29, 1.82) is 0 Å². The molecule has 19 heteroatoms. The van der Waals surface area contributed by atoms with Gasteiger partial charge in [-0.3, -0.25) is 9.13 Å². The van der Waals surface area contributed by atoms with E-state index in [0.29, 0.717) is 6.42 Å². The predicted octanol–water partition coefficient (Wildman–Crippen LogP) is -0.0702. The van der Waals surface area contributed by atoms with Gasteiger partial charge in [-0.25, -0.2) is 0 Å². The van der Waals surface area contributed by atoms with Crippen LogP contribution in [0.1, 0.15) is 33.1 Å². The van der Waals surface area contributed by atoms with E-state index in [1.807, 2.05) is 13.8 Å². The van der Waals surface area contributed by atoms with E-state index in [2.05, 4.69) is 0 Å². The number of hydrogen-bond donors (Lipinski definition) is 1. The lowest BCUT2D eigenvalue weighted by molar-refractivity contribution is -0.0463. The Morgan fingerprint density at radius 3 is 2.00 bits per heavy atom. The van der Waals surface area contributed by atoms with Gasteiger partial charge in [-0.1, -0.05) is 0 Å². The SMILES string of the molecule is [B][B][C@H]1CC(OP(C)(=O)OC[C@H]2O[C@@H]([B])CC2O)[C@@H](COP(C)(=O)OC2C[C@@H](B([B])[B])O[C@@H]2COC(C)C)O1. The van der Waals surface area contributed by atoms with E-state index < -0.39 is 76.3 Å². The number of rotatable bonds is 15. The zero-order valence-corrected chi connectivity index (χ0v) is 24.7. The highest BCUT2D eigenvalue weighted by molar-refractivity contribution is 7.53. The first-order valence-electron chi connectivity index (χ1n) is 13.1. The van der Waals surface area contributed by atoms with Gasteiger partial charge in [0, 0.05) is 54.6 Å². The van der Waals surface area contributed by atoms with Crippen LogP contribution in [0, 0.1) is 0 Å². The Morgan fingerprint density at radius 2 is 1.49 bits per heavy atom. The summed E-state index contributed by atoms with van der Waals surface area (Å²) in [7, 11) is 17.0. The van der Waals surface area contributed by atoms with Gasteiger partial charge in [-0.15, -0.1) is 0 Å². The maximum absolute atomic E-state index is 13.3. The second-order valence-corrected chi connectivity index (χ2v) is 14.5. The number of ether oxygens (including phenoxy) is 4. The van der Waals surface area contributed by atoms with Crippen LogP contribution in [0.15, 0.2) is 0 Å². The Kier molecular flexibility index (Phi) is 12.9. The van der Waals surface area contributed by atoms with Crippen LogP contribution >= 0.6 is 15.2 Å². The number of aliphatic hydroxyl groups excluding tert-OH is 1. The van der Waals surface area contributed by atoms with Gasteiger partial charge in [0.2, 0.25) is 0 Å². The van der Waals surface area contributed by atoms with Crippen molar-refractivity contribution in [1.82, 2.24) is 0 Å². The molecule has 0 aromatic carbocycles. The molecule has 0 amide bonds. The number of aliphatic hydroxyl groups is 1. The third-order valence-corrected chi connectivity index (χ3v) is 9.09. The van der Waals surface area contributed by atoms with Crippen LogP contribution in [-0.4, -0.2) is 144 Å². The zero-order valence-electron chi connectivity index (χ0n) is 22.9. The van der Waals surface area contributed by atoms with Crippen molar-refractivity contribution in [2.45, 2.75) is 93.8 Å². The molecule has 3 heterocycles. The van der Waals surface area contributed by atoms with Crippen LogP contribution in [0.4, 0.5) is 0 Å². The molecule has 3 fully saturated rings. The summed E-state index contributed by atoms with van der Waals surface area (Å²) in [4.78, 5) is 0. The summed E-state index contributed by atoms with van der Waals surface area (Å²) >= 11 is 0. The first kappa shape index (κ1) is 34.0. The summed E-state index contributed by atoms with van der Waals surface area (Å²) in [5, 5.41) is 9.97. The van der Waals surface area contributed by atoms with E-state index in [1.54, 1.807) is 0 Å². The molecular weight excluding hydrogens is 543 g/mol. The van der Waals surface area contributed by atoms with Crippen LogP contribution in [0.3, 0.4) is 0 Å². The van der Waals surface area contributed by atoms with Gasteiger partial charge in [-0.2, -0.15) is 0 Å². The average Bonchev–Trinajstić information content (AvgIpc) is 3.51. The molecule has 1 N–H and O–H groups in total. The third-order valence-electron chi connectivity index (χ3n) is 6.55. The smallest absolute Gasteiger partial charge is 0.328 e. The van der Waals surface area contributed by atoms with Crippen LogP contribution < -0.4 is 0 Å². The molecule has 11 atom stereocenters. The summed E-state index contributed by atoms with van der Waals surface area (Å²) in [6.07, 6.45) is -3.40. The molecule has 3 aliphatic rings. The van der Waals surface area contributed by atoms with Crippen molar-refractivity contribution in [3.05, 3.63) is 0 Å². The summed E-state index contributed by atoms with van der Waals surface area (Å²) in [5.41, 5.74) is 0. The minimum atomic E-state index is -3.63. The van der Waals surface area contributed by atoms with E-state index in [-0.39, 0.29) is 38.8 Å². The van der Waals surface area contributed by atoms with Crippen LogP contribution in [-0.2, 0) is 46.2 Å². The lowest BCUT2D eigenvalue weighted by Gasteiger charge is -2.26. The first-order chi connectivity index (χ1) is 18.2. The van der Waals surface area contributed by atoms with E-state index in [0.717, 1.165) is 0 Å². The molecule has 0 aromatic heterocycles. The second kappa shape index (κ2) is 14.8. The molecule has 0 spiro atoms. The van der Waals surface area contributed by atoms with E-state index in [4.69, 9.17) is 68.1 Å². The molecule has 3 aliphatic heterocycles. The molecule has 0 saturated carbocycles. The second-order valence-electron chi connectivity index (χ2n) is 10.5. The quantitative estimate of drug-likeness (QED) is 0.207. The summed E-state index contributed by atoms with van der Waals surface area (Å²) in [5.74, 6) is 0. The highest BCUT2D eigenvalue weighted by Gasteiger charge is 2.43. The van der Waals surface area contributed by atoms with Gasteiger partial charge >= 0.3 is 15.2 Å². The Balaban J connectivity index is 1.55. The fraction of sp³-hybridized carbons (Fsp3) is 1.00. The Hall–Kier alpha value is 0.490. The van der Waals surface area contributed by atoms with Crippen molar-refractivity contribution < 1.29 is 51.3 Å². The van der Waals surface area contributed by atoms with E-state index in [1.165, 1.54) is 20.5 Å². The third kappa shape index (κ3) is 10.6. The lowest BCUT2D eigenvalue weighted by Crippen LogP contribution is -2.33. The normalized spacial score (nSPS) is 38.1. The summed E-state index contributed by atoms with van der Waals surface area (Å²) < 4.78 is 71.8. The Bertz CT molecular complexity index is 876. The molecular formula is C20H35B6O11P2. The number of hydrogen-bond acceptors (Lipinski definition) is 11. The monoisotopic (exact) mass is 579 g/mol. The van der Waals surface area contributed by atoms with Crippen LogP contribution in [0.25, 0.3) is 0 Å². The Morgan fingerprint density at radius 1 is 0.923 bits per heavy atom. The van der Waals surface area contributed by atoms with Crippen LogP contribution in [0.2, 0.25) is 0 Å². The fourth-order valence-corrected chi connectivity index (χ4v) is 6.94. The molecule has 39 heavy (non-hydrogen) atoms. The molecule has 0 bridgehead atoms.